The minimum atomic E-state index is -0.956. The number of rotatable bonds is 8. The summed E-state index contributed by atoms with van der Waals surface area (Å²) >= 11 is 0. The molecule has 0 saturated heterocycles. The zero-order valence-corrected chi connectivity index (χ0v) is 16.5. The average Bonchev–Trinajstić information content (AvgIpc) is 2.71. The zero-order valence-electron chi connectivity index (χ0n) is 16.5. The van der Waals surface area contributed by atoms with Crippen LogP contribution in [0.2, 0.25) is 0 Å². The lowest BCUT2D eigenvalue weighted by atomic mass is 10.2. The van der Waals surface area contributed by atoms with Gasteiger partial charge in [0.05, 0.1) is 25.3 Å². The molecule has 0 saturated carbocycles. The number of hydrogen-bond acceptors (Lipinski definition) is 7. The van der Waals surface area contributed by atoms with E-state index in [2.05, 4.69) is 15.3 Å². The summed E-state index contributed by atoms with van der Waals surface area (Å²) in [4.78, 5) is 21.5. The van der Waals surface area contributed by atoms with E-state index in [4.69, 9.17) is 4.74 Å². The van der Waals surface area contributed by atoms with E-state index in [0.29, 0.717) is 17.9 Å². The molecule has 160 valence electrons. The van der Waals surface area contributed by atoms with Gasteiger partial charge in [0.15, 0.2) is 17.3 Å². The second-order valence-electron chi connectivity index (χ2n) is 6.85. The van der Waals surface area contributed by atoms with E-state index in [-0.39, 0.29) is 42.3 Å². The van der Waals surface area contributed by atoms with Crippen LogP contribution in [0, 0.1) is 11.6 Å². The summed E-state index contributed by atoms with van der Waals surface area (Å²) in [5, 5.41) is 22.6. The second-order valence-corrected chi connectivity index (χ2v) is 6.85. The van der Waals surface area contributed by atoms with Gasteiger partial charge < -0.3 is 20.3 Å². The molecule has 0 radical (unpaired) electrons. The van der Waals surface area contributed by atoms with Crippen molar-refractivity contribution >= 4 is 17.0 Å². The number of fused-ring (bicyclic) bond motifs is 1. The number of nitrogens with one attached hydrogen (secondary N) is 1. The molecule has 3 N–H and O–H groups in total. The highest BCUT2D eigenvalue weighted by atomic mass is 19.1. The van der Waals surface area contributed by atoms with E-state index in [1.54, 1.807) is 0 Å². The van der Waals surface area contributed by atoms with Crippen molar-refractivity contribution < 1.29 is 23.7 Å². The molecule has 0 fully saturated rings. The van der Waals surface area contributed by atoms with Gasteiger partial charge >= 0.3 is 0 Å². The fourth-order valence-corrected chi connectivity index (χ4v) is 2.84. The summed E-state index contributed by atoms with van der Waals surface area (Å²) in [6.07, 6.45) is 1.20. The van der Waals surface area contributed by atoms with Crippen LogP contribution in [0.5, 0.6) is 11.5 Å². The predicted molar refractivity (Wildman–Crippen MR) is 107 cm³/mol. The molecule has 1 aromatic carbocycles. The quantitative estimate of drug-likeness (QED) is 0.513. The molecule has 2 atom stereocenters. The molecule has 0 amide bonds. The van der Waals surface area contributed by atoms with E-state index in [0.717, 1.165) is 12.1 Å². The van der Waals surface area contributed by atoms with Gasteiger partial charge in [-0.1, -0.05) is 6.92 Å². The predicted octanol–water partition coefficient (Wildman–Crippen LogP) is 2.43. The molecular weight excluding hydrogens is 398 g/mol. The highest BCUT2D eigenvalue weighted by molar-refractivity contribution is 5.77. The maximum Gasteiger partial charge on any atom is 0.295 e. The van der Waals surface area contributed by atoms with Crippen molar-refractivity contribution in [1.29, 1.82) is 0 Å². The fourth-order valence-electron chi connectivity index (χ4n) is 2.84. The number of ether oxygens (including phenoxy) is 1. The van der Waals surface area contributed by atoms with Gasteiger partial charge in [0.1, 0.15) is 11.5 Å². The third-order valence-electron chi connectivity index (χ3n) is 4.40. The topological polar surface area (TPSA) is 110 Å². The summed E-state index contributed by atoms with van der Waals surface area (Å²) in [6, 6.07) is 3.84. The van der Waals surface area contributed by atoms with Gasteiger partial charge in [-0.3, -0.25) is 9.36 Å². The molecule has 0 unspecified atom stereocenters. The molecular formula is C20H22F2N4O4. The van der Waals surface area contributed by atoms with Crippen LogP contribution in [0.3, 0.4) is 0 Å². The molecule has 0 aliphatic heterocycles. The van der Waals surface area contributed by atoms with E-state index in [1.807, 2.05) is 6.92 Å². The molecule has 2 aromatic heterocycles. The Bertz CT molecular complexity index is 1100. The molecule has 0 spiro atoms. The lowest BCUT2D eigenvalue weighted by molar-refractivity contribution is 0.173. The van der Waals surface area contributed by atoms with Crippen LogP contribution in [-0.2, 0) is 6.54 Å². The zero-order chi connectivity index (χ0) is 21.8. The Labute approximate surface area is 170 Å². The Kier molecular flexibility index (Phi) is 6.58. The highest BCUT2D eigenvalue weighted by Gasteiger charge is 2.17. The van der Waals surface area contributed by atoms with Crippen LogP contribution in [-0.4, -0.2) is 43.5 Å². The molecule has 0 aliphatic rings. The van der Waals surface area contributed by atoms with Gasteiger partial charge in [-0.15, -0.1) is 0 Å². The largest absolute Gasteiger partial charge is 0.448 e. The summed E-state index contributed by atoms with van der Waals surface area (Å²) in [6.45, 7) is 3.18. The maximum absolute atomic E-state index is 14.0. The van der Waals surface area contributed by atoms with Gasteiger partial charge in [-0.25, -0.2) is 13.8 Å². The standard InChI is InChI=1S/C20H22F2N4O4/c1-3-14(10-27)24-20-23-8-12-6-17(30-16-5-4-13(21)7-15(16)22)19(29)26(9-11(2)28)18(12)25-20/h4-8,11,14,27-28H,3,9-10H2,1-2H3,(H,23,24,25)/t11-,14+/m1/s1. The first-order valence-corrected chi connectivity index (χ1v) is 9.41. The Balaban J connectivity index is 2.09. The molecule has 0 aliphatic carbocycles. The number of aliphatic hydroxyl groups excluding tert-OH is 2. The Hall–Kier alpha value is -3.11. The van der Waals surface area contributed by atoms with Crippen LogP contribution < -0.4 is 15.6 Å². The summed E-state index contributed by atoms with van der Waals surface area (Å²) in [7, 11) is 0. The molecule has 2 heterocycles. The Morgan fingerprint density at radius 1 is 1.27 bits per heavy atom. The first-order chi connectivity index (χ1) is 14.3. The van der Waals surface area contributed by atoms with Crippen LogP contribution >= 0.6 is 0 Å². The van der Waals surface area contributed by atoms with E-state index in [9.17, 15) is 23.8 Å². The molecule has 8 nitrogen and oxygen atoms in total. The van der Waals surface area contributed by atoms with Gasteiger partial charge in [-0.2, -0.15) is 4.98 Å². The maximum atomic E-state index is 14.0. The normalized spacial score (nSPS) is 13.3. The summed E-state index contributed by atoms with van der Waals surface area (Å²) < 4.78 is 33.7. The van der Waals surface area contributed by atoms with Gasteiger partial charge in [-0.05, 0) is 31.5 Å². The van der Waals surface area contributed by atoms with Crippen molar-refractivity contribution in [1.82, 2.24) is 14.5 Å². The number of anilines is 1. The van der Waals surface area contributed by atoms with E-state index < -0.39 is 23.3 Å². The van der Waals surface area contributed by atoms with Crippen LogP contribution in [0.1, 0.15) is 20.3 Å². The SMILES string of the molecule is CC[C@@H](CO)Nc1ncc2cc(Oc3ccc(F)cc3F)c(=O)n(C[C@@H](C)O)c2n1. The number of aliphatic hydroxyl groups is 2. The number of aromatic nitrogens is 3. The third-order valence-corrected chi connectivity index (χ3v) is 4.40. The van der Waals surface area contributed by atoms with Crippen molar-refractivity contribution in [3.05, 3.63) is 52.5 Å². The lowest BCUT2D eigenvalue weighted by Crippen LogP contribution is -2.28. The summed E-state index contributed by atoms with van der Waals surface area (Å²) in [5.41, 5.74) is -0.413. The molecule has 30 heavy (non-hydrogen) atoms. The van der Waals surface area contributed by atoms with Gasteiger partial charge in [0.25, 0.3) is 5.56 Å². The molecule has 3 rings (SSSR count). The smallest absolute Gasteiger partial charge is 0.295 e. The van der Waals surface area contributed by atoms with Crippen LogP contribution in [0.4, 0.5) is 14.7 Å². The Morgan fingerprint density at radius 2 is 2.03 bits per heavy atom. The second kappa shape index (κ2) is 9.14. The van der Waals surface area contributed by atoms with Crippen molar-refractivity contribution in [2.45, 2.75) is 39.0 Å². The van der Waals surface area contributed by atoms with Crippen molar-refractivity contribution in [2.75, 3.05) is 11.9 Å². The lowest BCUT2D eigenvalue weighted by Gasteiger charge is -2.17. The number of halogens is 2. The van der Waals surface area contributed by atoms with Gasteiger partial charge in [0.2, 0.25) is 5.95 Å². The summed E-state index contributed by atoms with van der Waals surface area (Å²) in [5.74, 6) is -2.06. The van der Waals surface area contributed by atoms with Crippen molar-refractivity contribution in [2.24, 2.45) is 0 Å². The average molecular weight is 420 g/mol. The number of hydrogen-bond donors (Lipinski definition) is 3. The Morgan fingerprint density at radius 3 is 2.67 bits per heavy atom. The minimum Gasteiger partial charge on any atom is -0.448 e. The molecule has 10 heteroatoms. The fraction of sp³-hybridized carbons (Fsp3) is 0.350. The van der Waals surface area contributed by atoms with Crippen molar-refractivity contribution in [3.8, 4) is 11.5 Å². The third kappa shape index (κ3) is 4.71. The van der Waals surface area contributed by atoms with Crippen LogP contribution in [0.15, 0.2) is 35.3 Å². The van der Waals surface area contributed by atoms with E-state index >= 15 is 0 Å². The van der Waals surface area contributed by atoms with Crippen LogP contribution in [0.25, 0.3) is 11.0 Å². The monoisotopic (exact) mass is 420 g/mol. The first-order valence-electron chi connectivity index (χ1n) is 9.41. The minimum absolute atomic E-state index is 0.0912. The van der Waals surface area contributed by atoms with Crippen molar-refractivity contribution in [3.63, 3.8) is 0 Å². The highest BCUT2D eigenvalue weighted by Crippen LogP contribution is 2.25. The number of benzene rings is 1. The van der Waals surface area contributed by atoms with E-state index in [1.165, 1.54) is 23.8 Å². The first kappa shape index (κ1) is 21.6. The molecule has 0 bridgehead atoms. The number of pyridine rings is 1. The molecule has 3 aromatic rings. The number of nitrogens with zero attached hydrogens (tertiary/aromatic N) is 3. The van der Waals surface area contributed by atoms with Gasteiger partial charge in [0, 0.05) is 17.6 Å².